The number of ether oxygens (including phenoxy) is 1. The number of aromatic amines is 1. The molecule has 8 nitrogen and oxygen atoms in total. The van der Waals surface area contributed by atoms with Crippen LogP contribution in [0.15, 0.2) is 30.6 Å². The zero-order valence-electron chi connectivity index (χ0n) is 20.3. The number of carbonyl (C=O) groups excluding carboxylic acids is 2. The number of allylic oxidation sites excluding steroid dienone is 1. The molecule has 0 saturated carbocycles. The fourth-order valence-corrected chi connectivity index (χ4v) is 6.19. The van der Waals surface area contributed by atoms with Crippen LogP contribution in [0, 0.1) is 5.82 Å². The van der Waals surface area contributed by atoms with Gasteiger partial charge < -0.3 is 20.3 Å². The summed E-state index contributed by atoms with van der Waals surface area (Å²) in [5.74, 6) is -0.883. The third-order valence-corrected chi connectivity index (χ3v) is 8.17. The second-order valence-electron chi connectivity index (χ2n) is 10.5. The van der Waals surface area contributed by atoms with Gasteiger partial charge in [-0.2, -0.15) is 5.10 Å². The number of aryl methyl sites for hydroxylation is 1. The standard InChI is InChI=1S/C27H32FN5O3/c1-15-4-9-23(26(34)30-15)33-14-20-19(27(33)35)8-6-16(25(20)28)11-24-21(3-2-10-36-24)31-18-7-5-17-13-29-32-22(17)12-18/h6,8,13,18,21,23-24,31H,1-5,7,9-12,14H2,(H,29,32)(H,30,34)/t18?,21-,23?,24+/m0/s1. The number of hydrogen-bond acceptors (Lipinski definition) is 5. The Hall–Kier alpha value is -3.04. The monoisotopic (exact) mass is 493 g/mol. The normalized spacial score (nSPS) is 28.1. The summed E-state index contributed by atoms with van der Waals surface area (Å²) in [6, 6.07) is 3.30. The number of hydrogen-bond donors (Lipinski definition) is 3. The Balaban J connectivity index is 1.16. The first-order valence-corrected chi connectivity index (χ1v) is 13.0. The van der Waals surface area contributed by atoms with Gasteiger partial charge in [0.15, 0.2) is 0 Å². The Morgan fingerprint density at radius 1 is 1.22 bits per heavy atom. The van der Waals surface area contributed by atoms with Crippen molar-refractivity contribution >= 4 is 11.8 Å². The van der Waals surface area contributed by atoms with Crippen molar-refractivity contribution in [3.05, 3.63) is 64.4 Å². The summed E-state index contributed by atoms with van der Waals surface area (Å²) >= 11 is 0. The summed E-state index contributed by atoms with van der Waals surface area (Å²) in [5.41, 5.74) is 4.44. The lowest BCUT2D eigenvalue weighted by Gasteiger charge is -2.36. The maximum absolute atomic E-state index is 15.7. The predicted molar refractivity (Wildman–Crippen MR) is 131 cm³/mol. The van der Waals surface area contributed by atoms with Gasteiger partial charge in [-0.3, -0.25) is 14.7 Å². The Kier molecular flexibility index (Phi) is 6.13. The van der Waals surface area contributed by atoms with E-state index < -0.39 is 6.04 Å². The molecule has 0 bridgehead atoms. The van der Waals surface area contributed by atoms with Gasteiger partial charge in [-0.25, -0.2) is 4.39 Å². The lowest BCUT2D eigenvalue weighted by Crippen LogP contribution is -2.51. The van der Waals surface area contributed by atoms with Gasteiger partial charge in [0.2, 0.25) is 5.91 Å². The quantitative estimate of drug-likeness (QED) is 0.595. The van der Waals surface area contributed by atoms with E-state index in [9.17, 15) is 9.59 Å². The number of nitrogens with zero attached hydrogens (tertiary/aromatic N) is 2. The first-order chi connectivity index (χ1) is 17.5. The number of nitrogens with one attached hydrogen (secondary N) is 3. The summed E-state index contributed by atoms with van der Waals surface area (Å²) in [4.78, 5) is 27.0. The summed E-state index contributed by atoms with van der Waals surface area (Å²) in [6.07, 6.45) is 8.24. The number of benzene rings is 1. The van der Waals surface area contributed by atoms with Crippen LogP contribution >= 0.6 is 0 Å². The molecule has 4 aliphatic rings. The Morgan fingerprint density at radius 3 is 2.97 bits per heavy atom. The molecule has 4 heterocycles. The van der Waals surface area contributed by atoms with Crippen LogP contribution < -0.4 is 10.6 Å². The van der Waals surface area contributed by atoms with Crippen molar-refractivity contribution in [2.45, 2.75) is 82.1 Å². The van der Waals surface area contributed by atoms with Gasteiger partial charge in [0.1, 0.15) is 11.9 Å². The van der Waals surface area contributed by atoms with E-state index in [0.717, 1.165) is 32.1 Å². The van der Waals surface area contributed by atoms with Crippen molar-refractivity contribution in [3.8, 4) is 0 Å². The van der Waals surface area contributed by atoms with E-state index in [4.69, 9.17) is 4.74 Å². The summed E-state index contributed by atoms with van der Waals surface area (Å²) in [6.45, 7) is 4.58. The highest BCUT2D eigenvalue weighted by Gasteiger charge is 2.40. The van der Waals surface area contributed by atoms with Gasteiger partial charge in [0, 0.05) is 54.1 Å². The fraction of sp³-hybridized carbons (Fsp3) is 0.519. The molecule has 1 aliphatic carbocycles. The SMILES string of the molecule is C=C1CCC(N2Cc3c(ccc(C[C@H]4OCCC[C@@H]4NC4CCc5cn[nH]c5C4)c3F)C2=O)C(=O)N1. The van der Waals surface area contributed by atoms with Gasteiger partial charge in [0.05, 0.1) is 18.8 Å². The Bertz CT molecular complexity index is 1210. The molecule has 0 radical (unpaired) electrons. The average Bonchev–Trinajstić information content (AvgIpc) is 3.46. The van der Waals surface area contributed by atoms with Crippen LogP contribution in [-0.4, -0.2) is 57.7 Å². The van der Waals surface area contributed by atoms with Crippen LogP contribution in [0.1, 0.15) is 64.8 Å². The van der Waals surface area contributed by atoms with Gasteiger partial charge in [-0.1, -0.05) is 12.6 Å². The van der Waals surface area contributed by atoms with E-state index in [1.54, 1.807) is 12.1 Å². The number of piperidine rings is 1. The second kappa shape index (κ2) is 9.44. The lowest BCUT2D eigenvalue weighted by atomic mass is 9.90. The number of rotatable bonds is 5. The van der Waals surface area contributed by atoms with Crippen molar-refractivity contribution < 1.29 is 18.7 Å². The first-order valence-electron chi connectivity index (χ1n) is 13.0. The molecule has 3 N–H and O–H groups in total. The van der Waals surface area contributed by atoms with Crippen LogP contribution in [0.3, 0.4) is 0 Å². The van der Waals surface area contributed by atoms with Crippen LogP contribution in [0.5, 0.6) is 0 Å². The highest BCUT2D eigenvalue weighted by Crippen LogP contribution is 2.32. The molecule has 0 spiro atoms. The summed E-state index contributed by atoms with van der Waals surface area (Å²) < 4.78 is 21.9. The molecule has 2 saturated heterocycles. The number of H-pyrrole nitrogens is 1. The molecule has 1 aromatic heterocycles. The second-order valence-corrected chi connectivity index (χ2v) is 10.5. The van der Waals surface area contributed by atoms with Crippen molar-refractivity contribution in [1.29, 1.82) is 0 Å². The Morgan fingerprint density at radius 2 is 2.11 bits per heavy atom. The van der Waals surface area contributed by atoms with Gasteiger partial charge in [-0.05, 0) is 55.7 Å². The van der Waals surface area contributed by atoms with Gasteiger partial charge in [-0.15, -0.1) is 0 Å². The number of amides is 2. The summed E-state index contributed by atoms with van der Waals surface area (Å²) in [5, 5.41) is 13.8. The molecule has 2 fully saturated rings. The maximum atomic E-state index is 15.7. The van der Waals surface area contributed by atoms with E-state index >= 15 is 4.39 Å². The first kappa shape index (κ1) is 23.4. The molecule has 3 aliphatic heterocycles. The molecule has 2 unspecified atom stereocenters. The molecule has 6 rings (SSSR count). The average molecular weight is 494 g/mol. The smallest absolute Gasteiger partial charge is 0.255 e. The highest BCUT2D eigenvalue weighted by molar-refractivity contribution is 6.01. The van der Waals surface area contributed by atoms with Crippen LogP contribution in [0.2, 0.25) is 0 Å². The zero-order valence-corrected chi connectivity index (χ0v) is 20.3. The number of carbonyl (C=O) groups is 2. The number of halogens is 1. The number of aromatic nitrogens is 2. The van der Waals surface area contributed by atoms with E-state index in [0.29, 0.717) is 54.3 Å². The van der Waals surface area contributed by atoms with E-state index in [1.165, 1.54) is 16.2 Å². The molecule has 4 atom stereocenters. The van der Waals surface area contributed by atoms with Crippen LogP contribution in [0.4, 0.5) is 4.39 Å². The van der Waals surface area contributed by atoms with Crippen LogP contribution in [0.25, 0.3) is 0 Å². The Labute approximate surface area is 209 Å². The van der Waals surface area contributed by atoms with Crippen LogP contribution in [-0.2, 0) is 35.3 Å². The zero-order chi connectivity index (χ0) is 24.8. The van der Waals surface area contributed by atoms with Crippen molar-refractivity contribution in [3.63, 3.8) is 0 Å². The van der Waals surface area contributed by atoms with Crippen molar-refractivity contribution in [2.75, 3.05) is 6.61 Å². The van der Waals surface area contributed by atoms with Crippen molar-refractivity contribution in [1.82, 2.24) is 25.7 Å². The predicted octanol–water partition coefficient (Wildman–Crippen LogP) is 2.53. The molecular weight excluding hydrogens is 461 g/mol. The topological polar surface area (TPSA) is 99.3 Å². The molecule has 36 heavy (non-hydrogen) atoms. The summed E-state index contributed by atoms with van der Waals surface area (Å²) in [7, 11) is 0. The fourth-order valence-electron chi connectivity index (χ4n) is 6.19. The van der Waals surface area contributed by atoms with E-state index in [2.05, 4.69) is 27.4 Å². The minimum Gasteiger partial charge on any atom is -0.376 e. The third kappa shape index (κ3) is 4.24. The van der Waals surface area contributed by atoms with Crippen molar-refractivity contribution in [2.24, 2.45) is 0 Å². The third-order valence-electron chi connectivity index (χ3n) is 8.17. The van der Waals surface area contributed by atoms with E-state index in [1.807, 2.05) is 6.20 Å². The van der Waals surface area contributed by atoms with Gasteiger partial charge >= 0.3 is 0 Å². The molecule has 1 aromatic carbocycles. The van der Waals surface area contributed by atoms with E-state index in [-0.39, 0.29) is 36.3 Å². The molecular formula is C27H32FN5O3. The molecule has 9 heteroatoms. The minimum atomic E-state index is -0.598. The largest absolute Gasteiger partial charge is 0.376 e. The van der Waals surface area contributed by atoms with Gasteiger partial charge in [0.25, 0.3) is 5.91 Å². The molecule has 2 aromatic rings. The minimum absolute atomic E-state index is 0.111. The number of fused-ring (bicyclic) bond motifs is 2. The lowest BCUT2D eigenvalue weighted by molar-refractivity contribution is -0.126. The highest BCUT2D eigenvalue weighted by atomic mass is 19.1. The molecule has 2 amide bonds. The maximum Gasteiger partial charge on any atom is 0.255 e. The molecule has 190 valence electrons.